The molecule has 8 N–H and O–H groups in total. The van der Waals surface area contributed by atoms with Gasteiger partial charge in [0.05, 0.1) is 25.4 Å². The number of unbranched alkanes of at least 4 members (excludes halogenated alkanes) is 43. The van der Waals surface area contributed by atoms with E-state index < -0.39 is 74.2 Å². The monoisotopic (exact) mass is 1070 g/mol. The number of carbonyl (C=O) groups excluding carboxylic acids is 1. The lowest BCUT2D eigenvalue weighted by Gasteiger charge is -2.40. The summed E-state index contributed by atoms with van der Waals surface area (Å²) >= 11 is 0. The van der Waals surface area contributed by atoms with Crippen molar-refractivity contribution < 1.29 is 50.0 Å². The van der Waals surface area contributed by atoms with Gasteiger partial charge in [-0.25, -0.2) is 0 Å². The summed E-state index contributed by atoms with van der Waals surface area (Å²) < 4.78 is 11.1. The largest absolute Gasteiger partial charge is 0.394 e. The zero-order valence-corrected chi connectivity index (χ0v) is 49.1. The van der Waals surface area contributed by atoms with Crippen LogP contribution in [0.2, 0.25) is 0 Å². The second-order valence-electron chi connectivity index (χ2n) is 23.2. The zero-order valence-electron chi connectivity index (χ0n) is 49.1. The molecule has 1 amide bonds. The Balaban J connectivity index is 2.10. The molecule has 1 rings (SSSR count). The predicted octanol–water partition coefficient (Wildman–Crippen LogP) is 14.7. The van der Waals surface area contributed by atoms with Crippen molar-refractivity contribution in [3.63, 3.8) is 0 Å². The maximum Gasteiger partial charge on any atom is 0.249 e. The first-order valence-electron chi connectivity index (χ1n) is 32.6. The van der Waals surface area contributed by atoms with Crippen molar-refractivity contribution in [2.24, 2.45) is 0 Å². The fourth-order valence-electron chi connectivity index (χ4n) is 10.8. The Morgan fingerprint density at radius 3 is 1.15 bits per heavy atom. The van der Waals surface area contributed by atoms with Crippen LogP contribution in [0.4, 0.5) is 0 Å². The standard InChI is InChI=1S/C64H125NO10/c1-3-5-7-9-11-13-15-17-18-19-20-21-22-23-24-25-26-27-28-29-30-31-32-33-34-35-36-37-38-39-40-42-44-46-48-50-52-57(68)63(73)65-55(54-74-64-62(72)61(71)60(70)58(53-66)75-64)59(69)56(67)51-49-47-45-43-41-16-14-12-10-8-6-4-2/h43,45,55-62,64,66-72H,3-42,44,46-54H2,1-2H3,(H,65,73)/b45-43+. The summed E-state index contributed by atoms with van der Waals surface area (Å²) in [5.74, 6) is -0.701. The molecule has 0 aromatic carbocycles. The van der Waals surface area contributed by atoms with E-state index in [2.05, 4.69) is 31.3 Å². The van der Waals surface area contributed by atoms with Crippen molar-refractivity contribution in [3.8, 4) is 0 Å². The van der Waals surface area contributed by atoms with Gasteiger partial charge in [0.1, 0.15) is 36.6 Å². The van der Waals surface area contributed by atoms with Crippen LogP contribution in [0.1, 0.15) is 322 Å². The fraction of sp³-hybridized carbons (Fsp3) is 0.953. The topological polar surface area (TPSA) is 189 Å². The summed E-state index contributed by atoms with van der Waals surface area (Å²) in [7, 11) is 0. The smallest absolute Gasteiger partial charge is 0.249 e. The van der Waals surface area contributed by atoms with Crippen LogP contribution in [0.15, 0.2) is 12.2 Å². The molecule has 1 aliphatic heterocycles. The van der Waals surface area contributed by atoms with Crippen LogP contribution in [0.25, 0.3) is 0 Å². The molecule has 0 aromatic heterocycles. The van der Waals surface area contributed by atoms with Crippen molar-refractivity contribution in [1.82, 2.24) is 5.32 Å². The molecule has 0 radical (unpaired) electrons. The minimum atomic E-state index is -1.66. The minimum absolute atomic E-state index is 0.260. The van der Waals surface area contributed by atoms with Crippen molar-refractivity contribution in [1.29, 1.82) is 0 Å². The second kappa shape index (κ2) is 53.5. The molecular weight excluding hydrogens is 943 g/mol. The van der Waals surface area contributed by atoms with Gasteiger partial charge in [0.2, 0.25) is 5.91 Å². The molecule has 0 aromatic rings. The lowest BCUT2D eigenvalue weighted by Crippen LogP contribution is -2.60. The summed E-state index contributed by atoms with van der Waals surface area (Å²) in [6, 6.07) is -1.18. The number of aliphatic hydroxyl groups is 7. The molecule has 1 fully saturated rings. The van der Waals surface area contributed by atoms with Gasteiger partial charge >= 0.3 is 0 Å². The molecular formula is C64H125NO10. The van der Waals surface area contributed by atoms with E-state index in [1.165, 1.54) is 244 Å². The maximum atomic E-state index is 13.2. The molecule has 0 bridgehead atoms. The molecule has 0 saturated carbocycles. The van der Waals surface area contributed by atoms with Gasteiger partial charge in [-0.3, -0.25) is 4.79 Å². The Kier molecular flexibility index (Phi) is 51.3. The van der Waals surface area contributed by atoms with Gasteiger partial charge in [-0.15, -0.1) is 0 Å². The van der Waals surface area contributed by atoms with Crippen LogP contribution in [-0.2, 0) is 14.3 Å². The first-order valence-corrected chi connectivity index (χ1v) is 32.6. The number of hydrogen-bond donors (Lipinski definition) is 8. The Morgan fingerprint density at radius 1 is 0.453 bits per heavy atom. The summed E-state index contributed by atoms with van der Waals surface area (Å²) in [5, 5.41) is 76.0. The number of allylic oxidation sites excluding steroid dienone is 2. The predicted molar refractivity (Wildman–Crippen MR) is 312 cm³/mol. The van der Waals surface area contributed by atoms with Crippen LogP contribution in [-0.4, -0.2) is 110 Å². The molecule has 0 spiro atoms. The van der Waals surface area contributed by atoms with E-state index >= 15 is 0 Å². The third kappa shape index (κ3) is 41.5. The highest BCUT2D eigenvalue weighted by Gasteiger charge is 2.44. The molecule has 9 atom stereocenters. The minimum Gasteiger partial charge on any atom is -0.394 e. The van der Waals surface area contributed by atoms with Crippen molar-refractivity contribution in [2.75, 3.05) is 13.2 Å². The van der Waals surface area contributed by atoms with Gasteiger partial charge in [-0.1, -0.05) is 296 Å². The first-order chi connectivity index (χ1) is 36.7. The van der Waals surface area contributed by atoms with Crippen LogP contribution >= 0.6 is 0 Å². The number of carbonyl (C=O) groups is 1. The number of hydrogen-bond acceptors (Lipinski definition) is 10. The lowest BCUT2D eigenvalue weighted by atomic mass is 9.98. The molecule has 11 heteroatoms. The maximum absolute atomic E-state index is 13.2. The van der Waals surface area contributed by atoms with Crippen LogP contribution in [0.5, 0.6) is 0 Å². The van der Waals surface area contributed by atoms with Crippen LogP contribution < -0.4 is 5.32 Å². The third-order valence-electron chi connectivity index (χ3n) is 16.1. The van der Waals surface area contributed by atoms with E-state index in [1.807, 2.05) is 0 Å². The van der Waals surface area contributed by atoms with Gasteiger partial charge in [-0.05, 0) is 38.5 Å². The Morgan fingerprint density at radius 2 is 0.787 bits per heavy atom. The highest BCUT2D eigenvalue weighted by atomic mass is 16.7. The molecule has 11 nitrogen and oxygen atoms in total. The van der Waals surface area contributed by atoms with Crippen LogP contribution in [0, 0.1) is 0 Å². The quantitative estimate of drug-likeness (QED) is 0.0215. The van der Waals surface area contributed by atoms with E-state index in [0.717, 1.165) is 38.5 Å². The second-order valence-corrected chi connectivity index (χ2v) is 23.2. The number of aliphatic hydroxyl groups excluding tert-OH is 7. The highest BCUT2D eigenvalue weighted by molar-refractivity contribution is 5.80. The highest BCUT2D eigenvalue weighted by Crippen LogP contribution is 2.24. The van der Waals surface area contributed by atoms with Crippen molar-refractivity contribution >= 4 is 5.91 Å². The van der Waals surface area contributed by atoms with Crippen LogP contribution in [0.3, 0.4) is 0 Å². The molecule has 1 aliphatic rings. The summed E-state index contributed by atoms with van der Waals surface area (Å²) in [4.78, 5) is 13.2. The van der Waals surface area contributed by atoms with Gasteiger partial charge in [0.25, 0.3) is 0 Å². The number of rotatable bonds is 57. The first kappa shape index (κ1) is 71.9. The fourth-order valence-corrected chi connectivity index (χ4v) is 10.8. The summed E-state index contributed by atoms with van der Waals surface area (Å²) in [6.07, 6.45) is 53.3. The van der Waals surface area contributed by atoms with Gasteiger partial charge in [0.15, 0.2) is 6.29 Å². The Hall–Kier alpha value is -1.15. The average Bonchev–Trinajstić information content (AvgIpc) is 3.41. The zero-order chi connectivity index (χ0) is 54.7. The van der Waals surface area contributed by atoms with E-state index in [1.54, 1.807) is 0 Å². The molecule has 446 valence electrons. The van der Waals surface area contributed by atoms with Gasteiger partial charge in [0, 0.05) is 0 Å². The van der Waals surface area contributed by atoms with Gasteiger partial charge in [-0.2, -0.15) is 0 Å². The molecule has 1 heterocycles. The molecule has 0 aliphatic carbocycles. The normalized spacial score (nSPS) is 19.7. The Labute approximate surface area is 462 Å². The van der Waals surface area contributed by atoms with E-state index in [9.17, 15) is 40.5 Å². The lowest BCUT2D eigenvalue weighted by molar-refractivity contribution is -0.303. The Bertz CT molecular complexity index is 1220. The SMILES string of the molecule is CCCCCCCCC/C=C/CCCC(O)C(O)C(COC1OC(CO)C(O)C(O)C1O)NC(=O)C(O)CCCCCCCCCCCCCCCCCCCCCCCCCCCCCCCCCCCCCC. The molecule has 9 unspecified atom stereocenters. The summed E-state index contributed by atoms with van der Waals surface area (Å²) in [5.41, 5.74) is 0. The van der Waals surface area contributed by atoms with E-state index in [-0.39, 0.29) is 12.8 Å². The van der Waals surface area contributed by atoms with E-state index in [0.29, 0.717) is 12.8 Å². The molecule has 1 saturated heterocycles. The van der Waals surface area contributed by atoms with Gasteiger partial charge < -0.3 is 50.5 Å². The third-order valence-corrected chi connectivity index (χ3v) is 16.1. The number of nitrogens with one attached hydrogen (secondary N) is 1. The molecule has 75 heavy (non-hydrogen) atoms. The van der Waals surface area contributed by atoms with Crippen molar-refractivity contribution in [3.05, 3.63) is 12.2 Å². The summed E-state index contributed by atoms with van der Waals surface area (Å²) in [6.45, 7) is 3.46. The van der Waals surface area contributed by atoms with Crippen molar-refractivity contribution in [2.45, 2.75) is 377 Å². The average molecular weight is 1070 g/mol. The number of amides is 1. The number of ether oxygens (including phenoxy) is 2. The van der Waals surface area contributed by atoms with E-state index in [4.69, 9.17) is 9.47 Å².